The van der Waals surface area contributed by atoms with Crippen LogP contribution in [0.25, 0.3) is 11.2 Å². The van der Waals surface area contributed by atoms with Crippen molar-refractivity contribution < 1.29 is 10.2 Å². The maximum atomic E-state index is 9.40. The van der Waals surface area contributed by atoms with Crippen molar-refractivity contribution in [2.45, 2.75) is 6.54 Å². The third-order valence-electron chi connectivity index (χ3n) is 2.65. The number of aromatic nitrogens is 4. The minimum absolute atomic E-state index is 0.0196. The van der Waals surface area contributed by atoms with E-state index in [9.17, 15) is 10.2 Å². The highest BCUT2D eigenvalue weighted by molar-refractivity contribution is 5.81. The number of benzene rings is 1. The maximum absolute atomic E-state index is 9.40. The molecular formula is C12H11N5O2. The molecule has 0 saturated heterocycles. The van der Waals surface area contributed by atoms with Crippen LogP contribution in [0, 0.1) is 0 Å². The molecule has 0 atom stereocenters. The van der Waals surface area contributed by atoms with Gasteiger partial charge in [-0.15, -0.1) is 0 Å². The Kier molecular flexibility index (Phi) is 2.64. The Hall–Kier alpha value is -2.83. The second-order valence-electron chi connectivity index (χ2n) is 4.03. The Morgan fingerprint density at radius 3 is 2.63 bits per heavy atom. The lowest BCUT2D eigenvalue weighted by atomic mass is 10.2. The molecule has 0 amide bonds. The zero-order valence-corrected chi connectivity index (χ0v) is 9.83. The van der Waals surface area contributed by atoms with Gasteiger partial charge in [0.25, 0.3) is 0 Å². The van der Waals surface area contributed by atoms with Crippen LogP contribution in [-0.2, 0) is 6.54 Å². The van der Waals surface area contributed by atoms with E-state index in [0.717, 1.165) is 5.56 Å². The van der Waals surface area contributed by atoms with Crippen molar-refractivity contribution in [3.8, 4) is 11.5 Å². The Labute approximate surface area is 108 Å². The van der Waals surface area contributed by atoms with Crippen molar-refractivity contribution in [1.29, 1.82) is 0 Å². The summed E-state index contributed by atoms with van der Waals surface area (Å²) in [6.07, 6.45) is 2.97. The zero-order valence-electron chi connectivity index (χ0n) is 9.83. The van der Waals surface area contributed by atoms with Crippen LogP contribution in [0.2, 0.25) is 0 Å². The molecule has 2 aromatic heterocycles. The fourth-order valence-corrected chi connectivity index (χ4v) is 1.84. The summed E-state index contributed by atoms with van der Waals surface area (Å²) in [4.78, 5) is 15.1. The highest BCUT2D eigenvalue weighted by Crippen LogP contribution is 2.22. The van der Waals surface area contributed by atoms with Crippen LogP contribution in [0.4, 0.5) is 5.82 Å². The van der Waals surface area contributed by atoms with Gasteiger partial charge in [0.05, 0.1) is 6.33 Å². The first kappa shape index (κ1) is 11.3. The van der Waals surface area contributed by atoms with E-state index >= 15 is 0 Å². The molecule has 96 valence electrons. The number of phenolic OH excluding ortho intramolecular Hbond substituents is 2. The summed E-state index contributed by atoms with van der Waals surface area (Å²) >= 11 is 0. The molecule has 0 fully saturated rings. The largest absolute Gasteiger partial charge is 0.508 e. The fraction of sp³-hybridized carbons (Fsp3) is 0.0833. The molecular weight excluding hydrogens is 246 g/mol. The number of hydrogen-bond acceptors (Lipinski definition) is 6. The molecule has 7 heteroatoms. The Morgan fingerprint density at radius 2 is 1.84 bits per heavy atom. The average Bonchev–Trinajstić information content (AvgIpc) is 2.83. The number of nitrogens with zero attached hydrogens (tertiary/aromatic N) is 3. The van der Waals surface area contributed by atoms with Gasteiger partial charge in [-0.25, -0.2) is 15.0 Å². The van der Waals surface area contributed by atoms with E-state index in [2.05, 4.69) is 25.3 Å². The van der Waals surface area contributed by atoms with E-state index in [4.69, 9.17) is 0 Å². The van der Waals surface area contributed by atoms with Crippen molar-refractivity contribution in [3.05, 3.63) is 36.4 Å². The maximum Gasteiger partial charge on any atom is 0.182 e. The standard InChI is InChI=1S/C12H11N5O2/c18-8-1-7(2-9(19)3-8)4-13-11-10-12(15-5-14-10)17-6-16-11/h1-3,5-6,18-19H,4H2,(H2,13,14,15,16,17). The fourth-order valence-electron chi connectivity index (χ4n) is 1.84. The predicted molar refractivity (Wildman–Crippen MR) is 68.8 cm³/mol. The normalized spacial score (nSPS) is 10.7. The molecule has 4 N–H and O–H groups in total. The molecule has 2 heterocycles. The van der Waals surface area contributed by atoms with Crippen LogP contribution in [0.1, 0.15) is 5.56 Å². The van der Waals surface area contributed by atoms with Crippen molar-refractivity contribution in [3.63, 3.8) is 0 Å². The van der Waals surface area contributed by atoms with E-state index in [-0.39, 0.29) is 11.5 Å². The number of phenols is 2. The second-order valence-corrected chi connectivity index (χ2v) is 4.03. The SMILES string of the molecule is Oc1cc(O)cc(CNc2ncnc3nc[nH]c23)c1. The first-order valence-corrected chi connectivity index (χ1v) is 5.62. The molecule has 0 spiro atoms. The van der Waals surface area contributed by atoms with E-state index < -0.39 is 0 Å². The third kappa shape index (κ3) is 2.25. The van der Waals surface area contributed by atoms with E-state index in [0.29, 0.717) is 23.5 Å². The van der Waals surface area contributed by atoms with Gasteiger partial charge >= 0.3 is 0 Å². The molecule has 0 radical (unpaired) electrons. The van der Waals surface area contributed by atoms with E-state index in [1.54, 1.807) is 18.5 Å². The van der Waals surface area contributed by atoms with Crippen molar-refractivity contribution in [2.24, 2.45) is 0 Å². The molecule has 0 aliphatic rings. The number of rotatable bonds is 3. The number of fused-ring (bicyclic) bond motifs is 1. The lowest BCUT2D eigenvalue weighted by Gasteiger charge is -2.07. The first-order chi connectivity index (χ1) is 9.22. The highest BCUT2D eigenvalue weighted by atomic mass is 16.3. The molecule has 1 aromatic carbocycles. The molecule has 0 aliphatic heterocycles. The number of imidazole rings is 1. The monoisotopic (exact) mass is 257 g/mol. The van der Waals surface area contributed by atoms with Crippen LogP contribution >= 0.6 is 0 Å². The molecule has 7 nitrogen and oxygen atoms in total. The number of nitrogens with one attached hydrogen (secondary N) is 2. The first-order valence-electron chi connectivity index (χ1n) is 5.62. The molecule has 3 rings (SSSR count). The zero-order chi connectivity index (χ0) is 13.2. The summed E-state index contributed by atoms with van der Waals surface area (Å²) in [6.45, 7) is 0.410. The molecule has 3 aromatic rings. The smallest absolute Gasteiger partial charge is 0.182 e. The summed E-state index contributed by atoms with van der Waals surface area (Å²) in [7, 11) is 0. The Balaban J connectivity index is 1.84. The molecule has 0 saturated carbocycles. The van der Waals surface area contributed by atoms with E-state index in [1.165, 1.54) is 12.4 Å². The number of aromatic hydroxyl groups is 2. The van der Waals surface area contributed by atoms with Gasteiger partial charge in [-0.1, -0.05) is 0 Å². The van der Waals surface area contributed by atoms with E-state index in [1.807, 2.05) is 0 Å². The minimum atomic E-state index is 0.0196. The van der Waals surface area contributed by atoms with Gasteiger partial charge in [-0.05, 0) is 17.7 Å². The van der Waals surface area contributed by atoms with Crippen molar-refractivity contribution in [1.82, 2.24) is 19.9 Å². The van der Waals surface area contributed by atoms with Gasteiger partial charge in [0.1, 0.15) is 23.3 Å². The van der Waals surface area contributed by atoms with Crippen molar-refractivity contribution in [2.75, 3.05) is 5.32 Å². The average molecular weight is 257 g/mol. The van der Waals surface area contributed by atoms with Crippen LogP contribution in [-0.4, -0.2) is 30.1 Å². The number of aromatic amines is 1. The molecule has 0 bridgehead atoms. The summed E-state index contributed by atoms with van der Waals surface area (Å²) in [5.41, 5.74) is 2.03. The lowest BCUT2D eigenvalue weighted by molar-refractivity contribution is 0.449. The van der Waals surface area contributed by atoms with Gasteiger partial charge in [-0.3, -0.25) is 0 Å². The number of hydrogen-bond donors (Lipinski definition) is 4. The van der Waals surface area contributed by atoms with Gasteiger partial charge in [0.15, 0.2) is 11.5 Å². The number of anilines is 1. The topological polar surface area (TPSA) is 107 Å². The minimum Gasteiger partial charge on any atom is -0.508 e. The molecule has 19 heavy (non-hydrogen) atoms. The predicted octanol–water partition coefficient (Wildman–Crippen LogP) is 1.38. The highest BCUT2D eigenvalue weighted by Gasteiger charge is 2.06. The van der Waals surface area contributed by atoms with Crippen molar-refractivity contribution >= 4 is 17.0 Å². The Bertz CT molecular complexity index is 705. The van der Waals surface area contributed by atoms with Gasteiger partial charge in [-0.2, -0.15) is 0 Å². The second kappa shape index (κ2) is 4.45. The van der Waals surface area contributed by atoms with Crippen LogP contribution in [0.3, 0.4) is 0 Å². The summed E-state index contributed by atoms with van der Waals surface area (Å²) in [5, 5.41) is 21.9. The molecule has 0 unspecified atom stereocenters. The summed E-state index contributed by atoms with van der Waals surface area (Å²) in [5.74, 6) is 0.655. The van der Waals surface area contributed by atoms with Crippen LogP contribution in [0.15, 0.2) is 30.9 Å². The summed E-state index contributed by atoms with van der Waals surface area (Å²) in [6, 6.07) is 4.41. The van der Waals surface area contributed by atoms with Crippen LogP contribution < -0.4 is 5.32 Å². The number of H-pyrrole nitrogens is 1. The third-order valence-corrected chi connectivity index (χ3v) is 2.65. The molecule has 0 aliphatic carbocycles. The van der Waals surface area contributed by atoms with Gasteiger partial charge in [0, 0.05) is 12.6 Å². The van der Waals surface area contributed by atoms with Gasteiger partial charge in [0.2, 0.25) is 0 Å². The Morgan fingerprint density at radius 1 is 1.05 bits per heavy atom. The lowest BCUT2D eigenvalue weighted by Crippen LogP contribution is -2.02. The summed E-state index contributed by atoms with van der Waals surface area (Å²) < 4.78 is 0. The quantitative estimate of drug-likeness (QED) is 0.564. The van der Waals surface area contributed by atoms with Gasteiger partial charge < -0.3 is 20.5 Å². The van der Waals surface area contributed by atoms with Crippen LogP contribution in [0.5, 0.6) is 11.5 Å².